The molecule has 0 heteroatoms. The molecule has 0 nitrogen and oxygen atoms in total. The molecule has 0 N–H and O–H groups in total. The average molecular weight is 250 g/mol. The minimum absolute atomic E-state index is 0.582. The minimum Gasteiger partial charge on any atom is -0.0651 e. The first-order valence-electron chi connectivity index (χ1n) is 8.40. The minimum atomic E-state index is 0.582. The van der Waals surface area contributed by atoms with Gasteiger partial charge in [-0.05, 0) is 59.7 Å². The van der Waals surface area contributed by atoms with E-state index in [-0.39, 0.29) is 0 Å². The van der Waals surface area contributed by atoms with Crippen molar-refractivity contribution in [3.63, 3.8) is 0 Å². The van der Waals surface area contributed by atoms with E-state index in [0.717, 1.165) is 29.6 Å². The van der Waals surface area contributed by atoms with Gasteiger partial charge in [-0.25, -0.2) is 0 Å². The van der Waals surface area contributed by atoms with Crippen molar-refractivity contribution in [3.05, 3.63) is 0 Å². The fourth-order valence-corrected chi connectivity index (χ4v) is 6.52. The largest absolute Gasteiger partial charge is 0.0651 e. The topological polar surface area (TPSA) is 0 Å². The third-order valence-electron chi connectivity index (χ3n) is 7.88. The molecule has 0 aromatic rings. The van der Waals surface area contributed by atoms with E-state index in [9.17, 15) is 0 Å². The average Bonchev–Trinajstić information content (AvgIpc) is 2.52. The Kier molecular flexibility index (Phi) is 3.63. The second kappa shape index (κ2) is 4.53. The first-order valence-corrected chi connectivity index (χ1v) is 8.40. The van der Waals surface area contributed by atoms with Crippen molar-refractivity contribution in [1.29, 1.82) is 0 Å². The lowest BCUT2D eigenvalue weighted by molar-refractivity contribution is -0.118. The molecule has 0 saturated heterocycles. The molecule has 2 aliphatic carbocycles. The van der Waals surface area contributed by atoms with Crippen LogP contribution in [0.5, 0.6) is 0 Å². The molecule has 2 saturated carbocycles. The van der Waals surface area contributed by atoms with Crippen molar-refractivity contribution in [2.24, 2.45) is 40.4 Å². The predicted molar refractivity (Wildman–Crippen MR) is 80.5 cm³/mol. The van der Waals surface area contributed by atoms with Crippen LogP contribution in [0.4, 0.5) is 0 Å². The summed E-state index contributed by atoms with van der Waals surface area (Å²) in [5.41, 5.74) is 1.24. The maximum atomic E-state index is 2.62. The Morgan fingerprint density at radius 1 is 1.11 bits per heavy atom. The standard InChI is InChI=1S/C18H34/c1-8-12(4)16-14(6)17(7,9-2)18(10-3)13(5)11-15(16)18/h12-16H,8-11H2,1-7H3/t12-,13?,14?,15?,16?,17?,18?/m1/s1. The highest BCUT2D eigenvalue weighted by Crippen LogP contribution is 2.76. The van der Waals surface area contributed by atoms with Crippen LogP contribution in [0.1, 0.15) is 74.1 Å². The Morgan fingerprint density at radius 2 is 1.72 bits per heavy atom. The number of rotatable bonds is 4. The first-order chi connectivity index (χ1) is 8.40. The highest BCUT2D eigenvalue weighted by molar-refractivity contribution is 5.18. The summed E-state index contributed by atoms with van der Waals surface area (Å²) >= 11 is 0. The molecule has 2 rings (SSSR count). The number of fused-ring (bicyclic) bond motifs is 1. The van der Waals surface area contributed by atoms with Gasteiger partial charge in [-0.15, -0.1) is 0 Å². The van der Waals surface area contributed by atoms with Crippen LogP contribution in [0, 0.1) is 40.4 Å². The molecule has 0 spiro atoms. The lowest BCUT2D eigenvalue weighted by Gasteiger charge is -2.60. The molecule has 7 atom stereocenters. The van der Waals surface area contributed by atoms with Crippen LogP contribution in [0.3, 0.4) is 0 Å². The van der Waals surface area contributed by atoms with Gasteiger partial charge in [-0.3, -0.25) is 0 Å². The van der Waals surface area contributed by atoms with Crippen molar-refractivity contribution >= 4 is 0 Å². The van der Waals surface area contributed by atoms with Gasteiger partial charge in [-0.2, -0.15) is 0 Å². The third-order valence-corrected chi connectivity index (χ3v) is 7.88. The summed E-state index contributed by atoms with van der Waals surface area (Å²) in [6.07, 6.45) is 5.64. The van der Waals surface area contributed by atoms with E-state index < -0.39 is 0 Å². The van der Waals surface area contributed by atoms with Crippen LogP contribution in [-0.2, 0) is 0 Å². The quantitative estimate of drug-likeness (QED) is 0.594. The molecule has 0 bridgehead atoms. The Labute approximate surface area is 115 Å². The van der Waals surface area contributed by atoms with Crippen LogP contribution in [-0.4, -0.2) is 0 Å². The lowest BCUT2D eigenvalue weighted by Crippen LogP contribution is -2.53. The summed E-state index contributed by atoms with van der Waals surface area (Å²) in [6.45, 7) is 17.5. The van der Waals surface area contributed by atoms with Gasteiger partial charge in [0.25, 0.3) is 0 Å². The summed E-state index contributed by atoms with van der Waals surface area (Å²) in [5, 5.41) is 0. The van der Waals surface area contributed by atoms with E-state index in [1.165, 1.54) is 25.7 Å². The molecule has 18 heavy (non-hydrogen) atoms. The van der Waals surface area contributed by atoms with Gasteiger partial charge >= 0.3 is 0 Å². The normalized spacial score (nSPS) is 52.8. The fourth-order valence-electron chi connectivity index (χ4n) is 6.52. The molecule has 0 aromatic heterocycles. The maximum Gasteiger partial charge on any atom is -0.0187 e. The summed E-state index contributed by atoms with van der Waals surface area (Å²) in [4.78, 5) is 0. The van der Waals surface area contributed by atoms with E-state index in [1.54, 1.807) is 0 Å². The zero-order valence-corrected chi connectivity index (χ0v) is 13.7. The first kappa shape index (κ1) is 14.4. The Hall–Kier alpha value is 0. The summed E-state index contributed by atoms with van der Waals surface area (Å²) < 4.78 is 0. The van der Waals surface area contributed by atoms with Crippen LogP contribution < -0.4 is 0 Å². The van der Waals surface area contributed by atoms with Gasteiger partial charge in [0.2, 0.25) is 0 Å². The van der Waals surface area contributed by atoms with Gasteiger partial charge in [0, 0.05) is 0 Å². The highest BCUT2D eigenvalue weighted by Gasteiger charge is 2.70. The smallest absolute Gasteiger partial charge is 0.0187 e. The molecule has 0 heterocycles. The summed E-state index contributed by atoms with van der Waals surface area (Å²) in [7, 11) is 0. The molecule has 6 unspecified atom stereocenters. The molecular formula is C18H34. The monoisotopic (exact) mass is 250 g/mol. The van der Waals surface area contributed by atoms with Gasteiger partial charge in [0.15, 0.2) is 0 Å². The summed E-state index contributed by atoms with van der Waals surface area (Å²) in [6, 6.07) is 0. The van der Waals surface area contributed by atoms with Crippen molar-refractivity contribution in [2.75, 3.05) is 0 Å². The van der Waals surface area contributed by atoms with E-state index in [0.29, 0.717) is 10.8 Å². The van der Waals surface area contributed by atoms with Gasteiger partial charge < -0.3 is 0 Å². The molecule has 2 fully saturated rings. The fraction of sp³-hybridized carbons (Fsp3) is 1.00. The van der Waals surface area contributed by atoms with Crippen LogP contribution in [0.2, 0.25) is 0 Å². The molecule has 0 radical (unpaired) electrons. The van der Waals surface area contributed by atoms with E-state index in [1.807, 2.05) is 0 Å². The Morgan fingerprint density at radius 3 is 2.06 bits per heavy atom. The molecule has 0 amide bonds. The highest BCUT2D eigenvalue weighted by atomic mass is 14.7. The lowest BCUT2D eigenvalue weighted by atomic mass is 9.44. The Bertz CT molecular complexity index is 307. The second-order valence-electron chi connectivity index (χ2n) is 7.66. The molecule has 0 aromatic carbocycles. The zero-order chi connectivity index (χ0) is 13.7. The third kappa shape index (κ3) is 1.38. The van der Waals surface area contributed by atoms with Gasteiger partial charge in [0.1, 0.15) is 0 Å². The zero-order valence-electron chi connectivity index (χ0n) is 13.7. The van der Waals surface area contributed by atoms with Crippen molar-refractivity contribution in [2.45, 2.75) is 74.1 Å². The van der Waals surface area contributed by atoms with Crippen LogP contribution in [0.25, 0.3) is 0 Å². The molecule has 106 valence electrons. The van der Waals surface area contributed by atoms with Gasteiger partial charge in [0.05, 0.1) is 0 Å². The van der Waals surface area contributed by atoms with Crippen molar-refractivity contribution in [3.8, 4) is 0 Å². The van der Waals surface area contributed by atoms with Crippen LogP contribution >= 0.6 is 0 Å². The van der Waals surface area contributed by atoms with Crippen LogP contribution in [0.15, 0.2) is 0 Å². The van der Waals surface area contributed by atoms with Gasteiger partial charge in [-0.1, -0.05) is 54.9 Å². The van der Waals surface area contributed by atoms with Crippen molar-refractivity contribution < 1.29 is 0 Å². The molecule has 2 aliphatic rings. The molecular weight excluding hydrogens is 216 g/mol. The van der Waals surface area contributed by atoms with E-state index in [2.05, 4.69) is 48.5 Å². The van der Waals surface area contributed by atoms with E-state index in [4.69, 9.17) is 0 Å². The number of hydrogen-bond acceptors (Lipinski definition) is 0. The SMILES string of the molecule is CC[C@@H](C)C1C(C)C(C)(CC)C2(CC)C(C)CC12. The van der Waals surface area contributed by atoms with E-state index >= 15 is 0 Å². The molecule has 0 aliphatic heterocycles. The predicted octanol–water partition coefficient (Wildman–Crippen LogP) is 5.77. The second-order valence-corrected chi connectivity index (χ2v) is 7.66. The number of hydrogen-bond donors (Lipinski definition) is 0. The Balaban J connectivity index is 2.43. The maximum absolute atomic E-state index is 2.62. The van der Waals surface area contributed by atoms with Crippen molar-refractivity contribution in [1.82, 2.24) is 0 Å². The summed E-state index contributed by atoms with van der Waals surface area (Å²) in [5.74, 6) is 4.78.